The third-order valence-electron chi connectivity index (χ3n) is 5.37. The van der Waals surface area contributed by atoms with Gasteiger partial charge in [-0.3, -0.25) is 14.4 Å². The molecule has 0 N–H and O–H groups in total. The van der Waals surface area contributed by atoms with Gasteiger partial charge in [-0.1, -0.05) is 20.3 Å². The molecule has 0 fully saturated rings. The van der Waals surface area contributed by atoms with Crippen LogP contribution in [-0.4, -0.2) is 24.3 Å². The van der Waals surface area contributed by atoms with E-state index in [9.17, 15) is 14.4 Å². The van der Waals surface area contributed by atoms with Crippen LogP contribution >= 0.6 is 0 Å². The molecule has 0 amide bonds. The van der Waals surface area contributed by atoms with Gasteiger partial charge >= 0.3 is 11.9 Å². The molecule has 0 spiro atoms. The Morgan fingerprint density at radius 2 is 1.38 bits per heavy atom. The zero-order valence-corrected chi connectivity index (χ0v) is 23.4. The monoisotopic (exact) mass is 508 g/mol. The van der Waals surface area contributed by atoms with Crippen molar-refractivity contribution in [2.24, 2.45) is 10.8 Å². The van der Waals surface area contributed by atoms with Gasteiger partial charge in [0.05, 0.1) is 17.4 Å². The van der Waals surface area contributed by atoms with Gasteiger partial charge in [0.1, 0.15) is 17.2 Å². The number of ketones is 1. The van der Waals surface area contributed by atoms with E-state index in [1.165, 1.54) is 6.08 Å². The molecular weight excluding hydrogens is 468 g/mol. The smallest absolute Gasteiger partial charge is 0.316 e. The van der Waals surface area contributed by atoms with Crippen molar-refractivity contribution in [2.75, 3.05) is 6.61 Å². The molecule has 0 saturated heterocycles. The Labute approximate surface area is 221 Å². The van der Waals surface area contributed by atoms with E-state index in [-0.39, 0.29) is 17.7 Å². The van der Waals surface area contributed by atoms with Crippen LogP contribution in [0.3, 0.4) is 0 Å². The summed E-state index contributed by atoms with van der Waals surface area (Å²) in [5, 5.41) is 0. The van der Waals surface area contributed by atoms with Gasteiger partial charge in [0.25, 0.3) is 0 Å². The standard InChI is InChI=1S/C31H40O6/c1-9-11-22-19-23(26(35-18-10-2)20-27(22)37-29(34)31(6,7)8)14-17-25(32)21-12-15-24(16-13-21)36-28(33)30(3,4)5/h12-17,19-20H,9-11,18H2,1-8H3/b17-14+. The molecular formula is C31H40O6. The van der Waals surface area contributed by atoms with Crippen LogP contribution in [-0.2, 0) is 16.0 Å². The minimum atomic E-state index is -0.639. The largest absolute Gasteiger partial charge is 0.493 e. The first-order chi connectivity index (χ1) is 17.3. The SMILES string of the molecule is CCCOc1cc(OC(=O)C(C)(C)C)c(CCC)cc1/C=C/C(=O)c1ccc(OC(=O)C(C)(C)C)cc1. The third kappa shape index (κ3) is 8.88. The molecule has 0 saturated carbocycles. The highest BCUT2D eigenvalue weighted by atomic mass is 16.5. The molecule has 0 unspecified atom stereocenters. The van der Waals surface area contributed by atoms with Gasteiger partial charge in [-0.25, -0.2) is 0 Å². The van der Waals surface area contributed by atoms with E-state index in [4.69, 9.17) is 14.2 Å². The summed E-state index contributed by atoms with van der Waals surface area (Å²) < 4.78 is 17.1. The molecule has 2 aromatic rings. The van der Waals surface area contributed by atoms with E-state index in [0.717, 1.165) is 24.0 Å². The zero-order chi connectivity index (χ0) is 27.8. The summed E-state index contributed by atoms with van der Waals surface area (Å²) in [6.07, 6.45) is 5.59. The van der Waals surface area contributed by atoms with Crippen LogP contribution in [0.5, 0.6) is 17.2 Å². The summed E-state index contributed by atoms with van der Waals surface area (Å²) >= 11 is 0. The summed E-state index contributed by atoms with van der Waals surface area (Å²) in [5.41, 5.74) is 0.816. The number of carbonyl (C=O) groups is 3. The molecule has 0 atom stereocenters. The third-order valence-corrected chi connectivity index (χ3v) is 5.37. The maximum atomic E-state index is 12.9. The first-order valence-electron chi connectivity index (χ1n) is 12.8. The predicted molar refractivity (Wildman–Crippen MR) is 146 cm³/mol. The lowest BCUT2D eigenvalue weighted by Gasteiger charge is -2.20. The van der Waals surface area contributed by atoms with Crippen molar-refractivity contribution in [2.45, 2.75) is 74.7 Å². The minimum Gasteiger partial charge on any atom is -0.493 e. The topological polar surface area (TPSA) is 78.9 Å². The van der Waals surface area contributed by atoms with E-state index in [2.05, 4.69) is 6.92 Å². The zero-order valence-electron chi connectivity index (χ0n) is 23.4. The lowest BCUT2D eigenvalue weighted by atomic mass is 9.97. The first-order valence-corrected chi connectivity index (χ1v) is 12.8. The van der Waals surface area contributed by atoms with Crippen molar-refractivity contribution < 1.29 is 28.6 Å². The number of ether oxygens (including phenoxy) is 3. The van der Waals surface area contributed by atoms with E-state index >= 15 is 0 Å². The molecule has 0 radical (unpaired) electrons. The molecule has 0 aliphatic heterocycles. The highest BCUT2D eigenvalue weighted by Crippen LogP contribution is 2.33. The number of rotatable bonds is 10. The molecule has 0 aromatic heterocycles. The molecule has 2 rings (SSSR count). The Morgan fingerprint density at radius 3 is 1.92 bits per heavy atom. The van der Waals surface area contributed by atoms with Crippen LogP contribution in [0.25, 0.3) is 6.08 Å². The Bertz CT molecular complexity index is 1130. The average molecular weight is 509 g/mol. The Hall–Kier alpha value is -3.41. The maximum Gasteiger partial charge on any atom is 0.316 e. The van der Waals surface area contributed by atoms with E-state index < -0.39 is 10.8 Å². The summed E-state index contributed by atoms with van der Waals surface area (Å²) in [6.45, 7) is 15.3. The Balaban J connectivity index is 2.32. The second kappa shape index (κ2) is 12.7. The summed E-state index contributed by atoms with van der Waals surface area (Å²) in [5.74, 6) is 0.561. The highest BCUT2D eigenvalue weighted by Gasteiger charge is 2.26. The molecule has 0 bridgehead atoms. The van der Waals surface area contributed by atoms with Crippen LogP contribution < -0.4 is 14.2 Å². The fourth-order valence-corrected chi connectivity index (χ4v) is 3.11. The number of aryl methyl sites for hydroxylation is 1. The van der Waals surface area contributed by atoms with Crippen molar-refractivity contribution in [1.29, 1.82) is 0 Å². The summed E-state index contributed by atoms with van der Waals surface area (Å²) in [7, 11) is 0. The normalized spacial score (nSPS) is 11.9. The molecule has 6 heteroatoms. The minimum absolute atomic E-state index is 0.199. The lowest BCUT2D eigenvalue weighted by Crippen LogP contribution is -2.26. The van der Waals surface area contributed by atoms with Crippen LogP contribution in [0.2, 0.25) is 0 Å². The van der Waals surface area contributed by atoms with Gasteiger partial charge in [-0.15, -0.1) is 0 Å². The second-order valence-electron chi connectivity index (χ2n) is 11.1. The number of allylic oxidation sites excluding steroid dienone is 1. The van der Waals surface area contributed by atoms with E-state index in [0.29, 0.717) is 35.8 Å². The van der Waals surface area contributed by atoms with Gasteiger partial charge in [0.2, 0.25) is 0 Å². The number of carbonyl (C=O) groups excluding carboxylic acids is 3. The van der Waals surface area contributed by atoms with Crippen LogP contribution in [0.15, 0.2) is 42.5 Å². The maximum absolute atomic E-state index is 12.9. The van der Waals surface area contributed by atoms with Gasteiger partial charge in [-0.05, 0) is 102 Å². The number of esters is 2. The molecule has 0 aliphatic carbocycles. The number of hydrogen-bond acceptors (Lipinski definition) is 6. The van der Waals surface area contributed by atoms with Crippen molar-refractivity contribution in [1.82, 2.24) is 0 Å². The second-order valence-corrected chi connectivity index (χ2v) is 11.1. The van der Waals surface area contributed by atoms with E-state index in [1.807, 2.05) is 33.8 Å². The Morgan fingerprint density at radius 1 is 0.784 bits per heavy atom. The quantitative estimate of drug-likeness (QED) is 0.146. The fourth-order valence-electron chi connectivity index (χ4n) is 3.11. The predicted octanol–water partition coefficient (Wildman–Crippen LogP) is 7.23. The van der Waals surface area contributed by atoms with Crippen LogP contribution in [0.4, 0.5) is 0 Å². The Kier molecular flexibility index (Phi) is 10.2. The molecule has 0 aliphatic rings. The average Bonchev–Trinajstić information content (AvgIpc) is 2.82. The first kappa shape index (κ1) is 29.8. The van der Waals surface area contributed by atoms with Gasteiger partial charge in [-0.2, -0.15) is 0 Å². The van der Waals surface area contributed by atoms with Crippen LogP contribution in [0.1, 0.15) is 89.7 Å². The fraction of sp³-hybridized carbons (Fsp3) is 0.452. The molecule has 2 aromatic carbocycles. The molecule has 6 nitrogen and oxygen atoms in total. The van der Waals surface area contributed by atoms with Gasteiger partial charge in [0, 0.05) is 17.2 Å². The lowest BCUT2D eigenvalue weighted by molar-refractivity contribution is -0.143. The van der Waals surface area contributed by atoms with E-state index in [1.54, 1.807) is 57.2 Å². The summed E-state index contributed by atoms with van der Waals surface area (Å²) in [6, 6.07) is 10.1. The van der Waals surface area contributed by atoms with Crippen molar-refractivity contribution in [3.05, 3.63) is 59.2 Å². The van der Waals surface area contributed by atoms with Crippen molar-refractivity contribution in [3.63, 3.8) is 0 Å². The number of hydrogen-bond donors (Lipinski definition) is 0. The summed E-state index contributed by atoms with van der Waals surface area (Å²) in [4.78, 5) is 37.5. The molecule has 0 heterocycles. The molecule has 37 heavy (non-hydrogen) atoms. The van der Waals surface area contributed by atoms with Gasteiger partial charge < -0.3 is 14.2 Å². The van der Waals surface area contributed by atoms with Crippen molar-refractivity contribution in [3.8, 4) is 17.2 Å². The van der Waals surface area contributed by atoms with Gasteiger partial charge in [0.15, 0.2) is 5.78 Å². The highest BCUT2D eigenvalue weighted by molar-refractivity contribution is 6.07. The number of benzene rings is 2. The molecule has 200 valence electrons. The van der Waals surface area contributed by atoms with Crippen molar-refractivity contribution >= 4 is 23.8 Å². The van der Waals surface area contributed by atoms with Crippen LogP contribution in [0, 0.1) is 10.8 Å².